The van der Waals surface area contributed by atoms with Crippen molar-refractivity contribution in [1.82, 2.24) is 4.90 Å². The molecule has 3 atom stereocenters. The number of hydrogen-bond acceptors (Lipinski definition) is 3. The number of methoxy groups -OCH3 is 1. The van der Waals surface area contributed by atoms with Crippen LogP contribution in [0.25, 0.3) is 0 Å². The first-order chi connectivity index (χ1) is 11.4. The van der Waals surface area contributed by atoms with Crippen LogP contribution < -0.4 is 4.74 Å². The monoisotopic (exact) mass is 315 g/mol. The lowest BCUT2D eigenvalue weighted by Gasteiger charge is -2.38. The molecule has 0 saturated carbocycles. The summed E-state index contributed by atoms with van der Waals surface area (Å²) in [5.74, 6) is 1.73. The third-order valence-corrected chi connectivity index (χ3v) is 6.27. The maximum atomic E-state index is 5.63. The first-order valence-electron chi connectivity index (χ1n) is 9.35. The Kier molecular flexibility index (Phi) is 4.59. The average Bonchev–Trinajstić information content (AvgIpc) is 2.90. The summed E-state index contributed by atoms with van der Waals surface area (Å²) in [7, 11) is 1.80. The van der Waals surface area contributed by atoms with Gasteiger partial charge < -0.3 is 9.47 Å². The highest BCUT2D eigenvalue weighted by atomic mass is 16.5. The smallest absolute Gasteiger partial charge is 0.122 e. The first-order valence-corrected chi connectivity index (χ1v) is 9.35. The average molecular weight is 315 g/mol. The molecule has 126 valence electrons. The van der Waals surface area contributed by atoms with E-state index in [2.05, 4.69) is 29.2 Å². The summed E-state index contributed by atoms with van der Waals surface area (Å²) in [5.41, 5.74) is 1.43. The molecule has 3 nitrogen and oxygen atoms in total. The molecule has 0 amide bonds. The summed E-state index contributed by atoms with van der Waals surface area (Å²) in [4.78, 5) is 2.90. The molecule has 23 heavy (non-hydrogen) atoms. The number of para-hydroxylation sites is 1. The minimum Gasteiger partial charge on any atom is -0.496 e. The highest BCUT2D eigenvalue weighted by Gasteiger charge is 2.42. The van der Waals surface area contributed by atoms with E-state index in [4.69, 9.17) is 9.47 Å². The fraction of sp³-hybridized carbons (Fsp3) is 0.700. The van der Waals surface area contributed by atoms with Crippen LogP contribution in [-0.2, 0) is 4.74 Å². The van der Waals surface area contributed by atoms with Crippen LogP contribution in [0.2, 0.25) is 0 Å². The predicted molar refractivity (Wildman–Crippen MR) is 92.1 cm³/mol. The highest BCUT2D eigenvalue weighted by Crippen LogP contribution is 2.44. The van der Waals surface area contributed by atoms with Crippen LogP contribution in [0.15, 0.2) is 24.3 Å². The van der Waals surface area contributed by atoms with Crippen molar-refractivity contribution >= 4 is 0 Å². The van der Waals surface area contributed by atoms with Crippen LogP contribution in [0.5, 0.6) is 5.75 Å². The maximum absolute atomic E-state index is 5.63. The Labute approximate surface area is 140 Å². The van der Waals surface area contributed by atoms with Gasteiger partial charge >= 0.3 is 0 Å². The van der Waals surface area contributed by atoms with Crippen molar-refractivity contribution in [1.29, 1.82) is 0 Å². The van der Waals surface area contributed by atoms with Crippen molar-refractivity contribution < 1.29 is 9.47 Å². The molecule has 3 heteroatoms. The second-order valence-corrected chi connectivity index (χ2v) is 7.43. The van der Waals surface area contributed by atoms with Gasteiger partial charge in [0.2, 0.25) is 0 Å². The highest BCUT2D eigenvalue weighted by molar-refractivity contribution is 5.36. The fourth-order valence-corrected chi connectivity index (χ4v) is 5.22. The zero-order chi connectivity index (χ0) is 15.6. The van der Waals surface area contributed by atoms with E-state index >= 15 is 0 Å². The van der Waals surface area contributed by atoms with Gasteiger partial charge in [-0.3, -0.25) is 4.90 Å². The summed E-state index contributed by atoms with van der Waals surface area (Å²) in [6.45, 7) is 1.91. The normalized spacial score (nSPS) is 32.7. The van der Waals surface area contributed by atoms with E-state index in [0.29, 0.717) is 5.92 Å². The van der Waals surface area contributed by atoms with Gasteiger partial charge in [0, 0.05) is 31.3 Å². The van der Waals surface area contributed by atoms with Gasteiger partial charge in [-0.05, 0) is 62.5 Å². The van der Waals surface area contributed by atoms with E-state index in [9.17, 15) is 0 Å². The van der Waals surface area contributed by atoms with Crippen LogP contribution in [-0.4, -0.2) is 43.3 Å². The molecule has 3 saturated heterocycles. The van der Waals surface area contributed by atoms with Gasteiger partial charge in [0.25, 0.3) is 0 Å². The van der Waals surface area contributed by atoms with Gasteiger partial charge in [-0.15, -0.1) is 0 Å². The molecule has 1 aromatic rings. The van der Waals surface area contributed by atoms with Gasteiger partial charge in [0.15, 0.2) is 0 Å². The number of hydrogen-bond donors (Lipinski definition) is 0. The van der Waals surface area contributed by atoms with Crippen molar-refractivity contribution in [2.24, 2.45) is 0 Å². The molecule has 2 bridgehead atoms. The van der Waals surface area contributed by atoms with E-state index in [1.165, 1.54) is 50.5 Å². The van der Waals surface area contributed by atoms with Gasteiger partial charge in [-0.1, -0.05) is 18.2 Å². The second kappa shape index (κ2) is 6.82. The van der Waals surface area contributed by atoms with E-state index in [-0.39, 0.29) is 0 Å². The number of ether oxygens (including phenoxy) is 2. The van der Waals surface area contributed by atoms with Crippen molar-refractivity contribution in [3.63, 3.8) is 0 Å². The molecular weight excluding hydrogens is 286 g/mol. The molecule has 3 aliphatic heterocycles. The third-order valence-electron chi connectivity index (χ3n) is 6.27. The van der Waals surface area contributed by atoms with E-state index < -0.39 is 0 Å². The zero-order valence-electron chi connectivity index (χ0n) is 14.2. The van der Waals surface area contributed by atoms with Crippen LogP contribution in [0.3, 0.4) is 0 Å². The van der Waals surface area contributed by atoms with Crippen LogP contribution in [0.4, 0.5) is 0 Å². The Morgan fingerprint density at radius 1 is 0.913 bits per heavy atom. The summed E-state index contributed by atoms with van der Waals surface area (Å²) < 4.78 is 11.2. The minimum atomic E-state index is 0.656. The number of rotatable bonds is 3. The van der Waals surface area contributed by atoms with Gasteiger partial charge in [0.1, 0.15) is 5.75 Å². The summed E-state index contributed by atoms with van der Waals surface area (Å²) >= 11 is 0. The Morgan fingerprint density at radius 2 is 1.61 bits per heavy atom. The Hall–Kier alpha value is -1.06. The molecule has 0 N–H and O–H groups in total. The van der Waals surface area contributed by atoms with Gasteiger partial charge in [-0.2, -0.15) is 0 Å². The molecule has 0 aliphatic carbocycles. The number of nitrogens with zero attached hydrogens (tertiary/aromatic N) is 1. The number of fused-ring (bicyclic) bond motifs is 2. The molecule has 4 rings (SSSR count). The largest absolute Gasteiger partial charge is 0.496 e. The predicted octanol–water partition coefficient (Wildman–Crippen LogP) is 3.97. The number of benzene rings is 1. The molecule has 0 spiro atoms. The van der Waals surface area contributed by atoms with E-state index in [0.717, 1.165) is 37.1 Å². The van der Waals surface area contributed by atoms with Gasteiger partial charge in [0.05, 0.1) is 7.11 Å². The van der Waals surface area contributed by atoms with Gasteiger partial charge in [-0.25, -0.2) is 0 Å². The van der Waals surface area contributed by atoms with Crippen LogP contribution >= 0.6 is 0 Å². The Bertz CT molecular complexity index is 526. The van der Waals surface area contributed by atoms with Crippen molar-refractivity contribution in [3.8, 4) is 5.75 Å². The van der Waals surface area contributed by atoms with Crippen LogP contribution in [0.1, 0.15) is 56.4 Å². The zero-order valence-corrected chi connectivity index (χ0v) is 14.2. The van der Waals surface area contributed by atoms with Crippen molar-refractivity contribution in [3.05, 3.63) is 29.8 Å². The quantitative estimate of drug-likeness (QED) is 0.842. The maximum Gasteiger partial charge on any atom is 0.122 e. The lowest BCUT2D eigenvalue weighted by atomic mass is 9.85. The molecule has 3 heterocycles. The molecule has 0 radical (unpaired) electrons. The molecule has 0 aromatic heterocycles. The Morgan fingerprint density at radius 3 is 2.43 bits per heavy atom. The Balaban J connectivity index is 1.54. The third kappa shape index (κ3) is 3.01. The lowest BCUT2D eigenvalue weighted by molar-refractivity contribution is 0.0145. The van der Waals surface area contributed by atoms with Crippen molar-refractivity contribution in [2.75, 3.05) is 20.3 Å². The summed E-state index contributed by atoms with van der Waals surface area (Å²) in [6.07, 6.45) is 9.19. The van der Waals surface area contributed by atoms with Crippen LogP contribution in [0, 0.1) is 0 Å². The van der Waals surface area contributed by atoms with Crippen molar-refractivity contribution in [2.45, 2.75) is 69.0 Å². The SMILES string of the molecule is COc1ccccc1C1CCC2CCC(C1)N2C1CCOCC1. The molecule has 3 fully saturated rings. The van der Waals surface area contributed by atoms with E-state index in [1.54, 1.807) is 7.11 Å². The molecule has 3 unspecified atom stereocenters. The standard InChI is InChI=1S/C20H29NO2/c1-22-20-5-3-2-4-19(20)15-6-7-16-8-9-18(14-15)21(16)17-10-12-23-13-11-17/h2-5,15-18H,6-14H2,1H3. The molecule has 1 aromatic carbocycles. The summed E-state index contributed by atoms with van der Waals surface area (Å²) in [6, 6.07) is 11.0. The second-order valence-electron chi connectivity index (χ2n) is 7.43. The molecular formula is C20H29NO2. The minimum absolute atomic E-state index is 0.656. The topological polar surface area (TPSA) is 21.7 Å². The first kappa shape index (κ1) is 15.5. The fourth-order valence-electron chi connectivity index (χ4n) is 5.22. The lowest BCUT2D eigenvalue weighted by Crippen LogP contribution is -2.46. The van der Waals surface area contributed by atoms with E-state index in [1.807, 2.05) is 0 Å². The summed E-state index contributed by atoms with van der Waals surface area (Å²) in [5, 5.41) is 0. The molecule has 3 aliphatic rings.